The average molecular weight is 232 g/mol. The molecule has 1 heterocycles. The average Bonchev–Trinajstić information content (AvgIpc) is 2.20. The van der Waals surface area contributed by atoms with Crippen molar-refractivity contribution in [3.63, 3.8) is 0 Å². The third-order valence-corrected chi connectivity index (χ3v) is 3.68. The summed E-state index contributed by atoms with van der Waals surface area (Å²) in [4.78, 5) is 0. The molecule has 0 aromatic heterocycles. The van der Waals surface area contributed by atoms with Gasteiger partial charge in [0.25, 0.3) is 0 Å². The Morgan fingerprint density at radius 2 is 1.64 bits per heavy atom. The van der Waals surface area contributed by atoms with E-state index >= 15 is 0 Å². The van der Waals surface area contributed by atoms with Gasteiger partial charge in [-0.1, -0.05) is 18.2 Å². The normalized spacial score (nSPS) is 28.4. The predicted octanol–water partition coefficient (Wildman–Crippen LogP) is 2.61. The number of rotatable bonds is 1. The van der Waals surface area contributed by atoms with Gasteiger partial charge < -0.3 is 9.85 Å². The van der Waals surface area contributed by atoms with Crippen LogP contribution in [0.15, 0.2) is 30.3 Å². The van der Waals surface area contributed by atoms with Gasteiger partial charge in [-0.25, -0.2) is 0 Å². The number of hydroxylamine groups is 2. The fourth-order valence-corrected chi connectivity index (χ4v) is 3.00. The lowest BCUT2D eigenvalue weighted by atomic mass is 10.3. The van der Waals surface area contributed by atoms with Crippen LogP contribution in [0.2, 0.25) is 0 Å². The van der Waals surface area contributed by atoms with Gasteiger partial charge in [-0.3, -0.25) is 0 Å². The molecule has 0 unspecified atom stereocenters. The number of para-hydroxylation sites is 1. The molecule has 0 saturated carbocycles. The minimum Gasteiger partial charge on any atom is -0.627 e. The predicted molar refractivity (Wildman–Crippen MR) is 66.6 cm³/mol. The maximum Gasteiger partial charge on any atom is 0.132 e. The van der Waals surface area contributed by atoms with E-state index in [0.29, 0.717) is 0 Å². The highest BCUT2D eigenvalue weighted by atomic mass is 35.5. The van der Waals surface area contributed by atoms with Crippen LogP contribution in [0.1, 0.15) is 0 Å². The first-order valence-electron chi connectivity index (χ1n) is 4.66. The first kappa shape index (κ1) is 11.9. The third kappa shape index (κ3) is 2.46. The number of benzene rings is 1. The molecule has 1 aliphatic rings. The van der Waals surface area contributed by atoms with Gasteiger partial charge in [0.1, 0.15) is 5.69 Å². The SMILES string of the molecule is Cl.[O-][N+]1(c2ccccc2)CCPCC1. The van der Waals surface area contributed by atoms with Crippen LogP contribution in [0.4, 0.5) is 5.69 Å². The van der Waals surface area contributed by atoms with E-state index in [4.69, 9.17) is 0 Å². The largest absolute Gasteiger partial charge is 0.627 e. The molecule has 0 amide bonds. The van der Waals surface area contributed by atoms with Crippen molar-refractivity contribution in [1.29, 1.82) is 0 Å². The molecule has 2 rings (SSSR count). The lowest BCUT2D eigenvalue weighted by Gasteiger charge is -2.44. The van der Waals surface area contributed by atoms with Crippen molar-refractivity contribution >= 4 is 26.7 Å². The number of nitrogens with zero attached hydrogens (tertiary/aromatic N) is 1. The van der Waals surface area contributed by atoms with Gasteiger partial charge in [0.15, 0.2) is 0 Å². The Kier molecular flexibility index (Phi) is 4.33. The lowest BCUT2D eigenvalue weighted by molar-refractivity contribution is 0.406. The Labute approximate surface area is 92.7 Å². The standard InChI is InChI=1S/C10H14NOP.ClH/c12-11(6-8-13-9-7-11)10-4-2-1-3-5-10;/h1-5,13H,6-9H2;1H. The molecule has 0 atom stereocenters. The van der Waals surface area contributed by atoms with Crippen molar-refractivity contribution in [2.24, 2.45) is 0 Å². The molecule has 4 heteroatoms. The second-order valence-corrected chi connectivity index (χ2v) is 4.92. The highest BCUT2D eigenvalue weighted by molar-refractivity contribution is 7.38. The van der Waals surface area contributed by atoms with Crippen molar-refractivity contribution in [3.05, 3.63) is 35.5 Å². The fraction of sp³-hybridized carbons (Fsp3) is 0.400. The number of quaternary nitrogens is 1. The summed E-state index contributed by atoms with van der Waals surface area (Å²) in [6.45, 7) is 1.53. The van der Waals surface area contributed by atoms with E-state index in [0.717, 1.165) is 39.7 Å². The van der Waals surface area contributed by atoms with Crippen LogP contribution in [0.5, 0.6) is 0 Å². The van der Waals surface area contributed by atoms with Crippen molar-refractivity contribution in [2.45, 2.75) is 0 Å². The van der Waals surface area contributed by atoms with Crippen molar-refractivity contribution in [3.8, 4) is 0 Å². The summed E-state index contributed by atoms with van der Waals surface area (Å²) in [6.07, 6.45) is 2.19. The molecule has 1 aromatic rings. The van der Waals surface area contributed by atoms with Gasteiger partial charge in [0.2, 0.25) is 0 Å². The van der Waals surface area contributed by atoms with Gasteiger partial charge in [-0.2, -0.15) is 0 Å². The molecule has 1 saturated heterocycles. The Balaban J connectivity index is 0.000000980. The quantitative estimate of drug-likeness (QED) is 0.414. The van der Waals surface area contributed by atoms with Crippen LogP contribution < -0.4 is 4.65 Å². The van der Waals surface area contributed by atoms with Crippen LogP contribution in [-0.4, -0.2) is 25.4 Å². The molecule has 1 aliphatic heterocycles. The minimum atomic E-state index is -0.103. The van der Waals surface area contributed by atoms with Gasteiger partial charge >= 0.3 is 0 Å². The zero-order chi connectivity index (χ0) is 9.15. The topological polar surface area (TPSA) is 23.1 Å². The first-order chi connectivity index (χ1) is 6.31. The maximum atomic E-state index is 12.3. The van der Waals surface area contributed by atoms with E-state index in [9.17, 15) is 5.21 Å². The van der Waals surface area contributed by atoms with Crippen LogP contribution in [-0.2, 0) is 0 Å². The summed E-state index contributed by atoms with van der Waals surface area (Å²) in [5.74, 6) is 0. The van der Waals surface area contributed by atoms with Crippen LogP contribution >= 0.6 is 21.0 Å². The Morgan fingerprint density at radius 3 is 2.21 bits per heavy atom. The highest BCUT2D eigenvalue weighted by Gasteiger charge is 2.22. The van der Waals surface area contributed by atoms with Gasteiger partial charge in [-0.05, 0) is 12.1 Å². The molecule has 0 spiro atoms. The van der Waals surface area contributed by atoms with E-state index in [1.807, 2.05) is 30.3 Å². The van der Waals surface area contributed by atoms with Crippen LogP contribution in [0.3, 0.4) is 0 Å². The molecule has 1 fully saturated rings. The number of halogens is 1. The van der Waals surface area contributed by atoms with E-state index in [-0.39, 0.29) is 17.1 Å². The van der Waals surface area contributed by atoms with Gasteiger partial charge in [0, 0.05) is 12.3 Å². The number of hydrogen-bond acceptors (Lipinski definition) is 1. The molecule has 0 N–H and O–H groups in total. The lowest BCUT2D eigenvalue weighted by Crippen LogP contribution is -2.48. The summed E-state index contributed by atoms with van der Waals surface area (Å²) in [6, 6.07) is 9.75. The van der Waals surface area contributed by atoms with Crippen LogP contribution in [0, 0.1) is 5.21 Å². The summed E-state index contributed by atoms with van der Waals surface area (Å²) in [7, 11) is 0.998. The summed E-state index contributed by atoms with van der Waals surface area (Å²) in [5, 5.41) is 12.3. The molecule has 14 heavy (non-hydrogen) atoms. The Bertz CT molecular complexity index is 275. The molecular weight excluding hydrogens is 217 g/mol. The van der Waals surface area contributed by atoms with Gasteiger partial charge in [-0.15, -0.1) is 21.0 Å². The van der Waals surface area contributed by atoms with E-state index in [1.165, 1.54) is 0 Å². The molecule has 0 bridgehead atoms. The van der Waals surface area contributed by atoms with E-state index < -0.39 is 0 Å². The Morgan fingerprint density at radius 1 is 1.07 bits per heavy atom. The van der Waals surface area contributed by atoms with Crippen molar-refractivity contribution in [1.82, 2.24) is 4.65 Å². The third-order valence-electron chi connectivity index (χ3n) is 2.53. The maximum absolute atomic E-state index is 12.3. The molecule has 78 valence electrons. The smallest absolute Gasteiger partial charge is 0.132 e. The number of hydrogen-bond donors (Lipinski definition) is 0. The fourth-order valence-electron chi connectivity index (χ4n) is 1.71. The molecule has 0 aliphatic carbocycles. The molecule has 0 radical (unpaired) electrons. The summed E-state index contributed by atoms with van der Waals surface area (Å²) >= 11 is 0. The minimum absolute atomic E-state index is 0. The summed E-state index contributed by atoms with van der Waals surface area (Å²) in [5.41, 5.74) is 0.923. The zero-order valence-corrected chi connectivity index (χ0v) is 9.80. The second-order valence-electron chi connectivity index (χ2n) is 3.42. The second kappa shape index (κ2) is 5.09. The zero-order valence-electron chi connectivity index (χ0n) is 7.98. The molecular formula is C10H15ClNOP. The van der Waals surface area contributed by atoms with Crippen molar-refractivity contribution in [2.75, 3.05) is 25.4 Å². The molecule has 2 nitrogen and oxygen atoms in total. The summed E-state index contributed by atoms with van der Waals surface area (Å²) < 4.78 is -0.103. The monoisotopic (exact) mass is 231 g/mol. The first-order valence-corrected chi connectivity index (χ1v) is 6.07. The van der Waals surface area contributed by atoms with Crippen molar-refractivity contribution < 1.29 is 0 Å². The van der Waals surface area contributed by atoms with E-state index in [1.54, 1.807) is 0 Å². The Hall–Kier alpha value is -0.140. The van der Waals surface area contributed by atoms with Crippen LogP contribution in [0.25, 0.3) is 0 Å². The van der Waals surface area contributed by atoms with E-state index in [2.05, 4.69) is 0 Å². The van der Waals surface area contributed by atoms with Gasteiger partial charge in [0.05, 0.1) is 13.1 Å². The highest BCUT2D eigenvalue weighted by Crippen LogP contribution is 2.28. The molecule has 1 aromatic carbocycles.